The second-order valence-electron chi connectivity index (χ2n) is 8.22. The summed E-state index contributed by atoms with van der Waals surface area (Å²) in [6.07, 6.45) is 2.70. The van der Waals surface area contributed by atoms with Crippen LogP contribution in [0.25, 0.3) is 11.8 Å². The average molecular weight is 510 g/mol. The lowest BCUT2D eigenvalue weighted by molar-refractivity contribution is -0.385. The second kappa shape index (κ2) is 11.1. The average Bonchev–Trinajstić information content (AvgIpc) is 3.20. The van der Waals surface area contributed by atoms with Crippen LogP contribution in [-0.4, -0.2) is 27.5 Å². The van der Waals surface area contributed by atoms with Crippen molar-refractivity contribution in [3.63, 3.8) is 0 Å². The Kier molecular flexibility index (Phi) is 7.49. The first kappa shape index (κ1) is 25.7. The Bertz CT molecular complexity index is 1550. The predicted molar refractivity (Wildman–Crippen MR) is 141 cm³/mol. The van der Waals surface area contributed by atoms with Crippen molar-refractivity contribution in [2.24, 2.45) is 0 Å². The van der Waals surface area contributed by atoms with E-state index in [0.717, 1.165) is 28.8 Å². The van der Waals surface area contributed by atoms with Gasteiger partial charge in [-0.1, -0.05) is 0 Å². The lowest BCUT2D eigenvalue weighted by Gasteiger charge is -2.11. The maximum Gasteiger partial charge on any atom is 0.287 e. The number of aromatic nitrogens is 2. The molecule has 0 unspecified atom stereocenters. The summed E-state index contributed by atoms with van der Waals surface area (Å²) < 4.78 is 12.8. The summed E-state index contributed by atoms with van der Waals surface area (Å²) in [5.74, 6) is 0.902. The van der Waals surface area contributed by atoms with Gasteiger partial charge in [-0.3, -0.25) is 14.9 Å². The number of nitrogens with zero attached hydrogens (tertiary/aromatic N) is 4. The molecule has 0 aliphatic heterocycles. The van der Waals surface area contributed by atoms with Crippen LogP contribution in [0.1, 0.15) is 17.0 Å². The third-order valence-electron chi connectivity index (χ3n) is 5.73. The molecule has 0 atom stereocenters. The fourth-order valence-electron chi connectivity index (χ4n) is 3.83. The van der Waals surface area contributed by atoms with Crippen molar-refractivity contribution in [3.05, 3.63) is 106 Å². The van der Waals surface area contributed by atoms with E-state index in [1.807, 2.05) is 42.7 Å². The molecule has 1 N–H and O–H groups in total. The zero-order valence-electron chi connectivity index (χ0n) is 20.8. The standard InChI is InChI=1S/C28H23N5O5/c1-18-14-20(15-21(16-29)28(34)31-22-4-9-25(37-3)10-5-22)19(2)32(18)23-6-11-26(12-7-23)38-27-13-8-24(17-30-27)33(35)36/h4-15,17H,1-3H3,(H,31,34). The number of nitriles is 1. The number of carbonyl (C=O) groups excluding carboxylic acids is 1. The smallest absolute Gasteiger partial charge is 0.287 e. The van der Waals surface area contributed by atoms with Gasteiger partial charge in [0.1, 0.15) is 29.3 Å². The van der Waals surface area contributed by atoms with Gasteiger partial charge in [0.25, 0.3) is 11.6 Å². The number of nitrogens with one attached hydrogen (secondary N) is 1. The van der Waals surface area contributed by atoms with E-state index < -0.39 is 10.8 Å². The summed E-state index contributed by atoms with van der Waals surface area (Å²) in [5, 5.41) is 23.1. The number of anilines is 1. The van der Waals surface area contributed by atoms with Gasteiger partial charge in [0.15, 0.2) is 0 Å². The van der Waals surface area contributed by atoms with Gasteiger partial charge in [0.2, 0.25) is 5.88 Å². The molecule has 38 heavy (non-hydrogen) atoms. The van der Waals surface area contributed by atoms with Crippen molar-refractivity contribution in [2.45, 2.75) is 13.8 Å². The van der Waals surface area contributed by atoms with Crippen LogP contribution in [0, 0.1) is 35.3 Å². The molecule has 0 radical (unpaired) electrons. The monoisotopic (exact) mass is 509 g/mol. The number of hydrogen-bond donors (Lipinski definition) is 1. The van der Waals surface area contributed by atoms with Crippen LogP contribution in [0.15, 0.2) is 78.5 Å². The largest absolute Gasteiger partial charge is 0.497 e. The van der Waals surface area contributed by atoms with E-state index in [9.17, 15) is 20.2 Å². The number of pyridine rings is 1. The predicted octanol–water partition coefficient (Wildman–Crippen LogP) is 5.74. The van der Waals surface area contributed by atoms with Gasteiger partial charge in [0, 0.05) is 34.9 Å². The Balaban J connectivity index is 1.52. The van der Waals surface area contributed by atoms with Crippen molar-refractivity contribution < 1.29 is 19.2 Å². The van der Waals surface area contributed by atoms with Gasteiger partial charge in [0.05, 0.1) is 12.0 Å². The fraction of sp³-hybridized carbons (Fsp3) is 0.107. The van der Waals surface area contributed by atoms with E-state index in [1.54, 1.807) is 49.6 Å². The topological polar surface area (TPSA) is 132 Å². The van der Waals surface area contributed by atoms with Crippen LogP contribution < -0.4 is 14.8 Å². The minimum Gasteiger partial charge on any atom is -0.497 e. The fourth-order valence-corrected chi connectivity index (χ4v) is 3.83. The van der Waals surface area contributed by atoms with Gasteiger partial charge >= 0.3 is 0 Å². The van der Waals surface area contributed by atoms with E-state index >= 15 is 0 Å². The molecule has 2 aromatic heterocycles. The van der Waals surface area contributed by atoms with Crippen molar-refractivity contribution in [3.8, 4) is 29.1 Å². The molecular formula is C28H23N5O5. The first-order valence-corrected chi connectivity index (χ1v) is 11.4. The van der Waals surface area contributed by atoms with E-state index in [-0.39, 0.29) is 17.1 Å². The van der Waals surface area contributed by atoms with E-state index in [1.165, 1.54) is 12.1 Å². The molecule has 0 saturated carbocycles. The quantitative estimate of drug-likeness (QED) is 0.138. The Labute approximate surface area is 218 Å². The molecule has 0 fully saturated rings. The Morgan fingerprint density at radius 3 is 2.34 bits per heavy atom. The van der Waals surface area contributed by atoms with Crippen LogP contribution >= 0.6 is 0 Å². The lowest BCUT2D eigenvalue weighted by atomic mass is 10.1. The molecule has 1 amide bonds. The van der Waals surface area contributed by atoms with Crippen LogP contribution in [0.2, 0.25) is 0 Å². The number of ether oxygens (including phenoxy) is 2. The summed E-state index contributed by atoms with van der Waals surface area (Å²) in [6, 6.07) is 20.7. The number of hydrogen-bond acceptors (Lipinski definition) is 7. The van der Waals surface area contributed by atoms with E-state index in [0.29, 0.717) is 17.2 Å². The van der Waals surface area contributed by atoms with Crippen LogP contribution in [0.5, 0.6) is 17.4 Å². The Morgan fingerprint density at radius 1 is 1.08 bits per heavy atom. The highest BCUT2D eigenvalue weighted by Crippen LogP contribution is 2.27. The molecule has 0 saturated heterocycles. The van der Waals surface area contributed by atoms with E-state index in [2.05, 4.69) is 10.3 Å². The summed E-state index contributed by atoms with van der Waals surface area (Å²) in [6.45, 7) is 3.83. The van der Waals surface area contributed by atoms with Crippen molar-refractivity contribution in [2.75, 3.05) is 12.4 Å². The third kappa shape index (κ3) is 5.68. The molecule has 0 bridgehead atoms. The molecule has 10 nitrogen and oxygen atoms in total. The highest BCUT2D eigenvalue weighted by Gasteiger charge is 2.15. The summed E-state index contributed by atoms with van der Waals surface area (Å²) >= 11 is 0. The molecule has 2 aromatic carbocycles. The van der Waals surface area contributed by atoms with Gasteiger partial charge in [-0.25, -0.2) is 4.98 Å². The number of aryl methyl sites for hydroxylation is 1. The number of amides is 1. The van der Waals surface area contributed by atoms with Crippen molar-refractivity contribution >= 4 is 23.4 Å². The first-order chi connectivity index (χ1) is 18.3. The second-order valence-corrected chi connectivity index (χ2v) is 8.22. The molecule has 10 heteroatoms. The molecule has 0 spiro atoms. The van der Waals surface area contributed by atoms with Crippen LogP contribution in [0.3, 0.4) is 0 Å². The molecule has 4 aromatic rings. The van der Waals surface area contributed by atoms with Crippen molar-refractivity contribution in [1.29, 1.82) is 5.26 Å². The van der Waals surface area contributed by atoms with Crippen molar-refractivity contribution in [1.82, 2.24) is 9.55 Å². The van der Waals surface area contributed by atoms with Gasteiger partial charge in [-0.2, -0.15) is 5.26 Å². The Morgan fingerprint density at radius 2 is 1.76 bits per heavy atom. The minimum atomic E-state index is -0.524. The summed E-state index contributed by atoms with van der Waals surface area (Å²) in [5.41, 5.74) is 3.75. The summed E-state index contributed by atoms with van der Waals surface area (Å²) in [7, 11) is 1.56. The SMILES string of the molecule is COc1ccc(NC(=O)C(C#N)=Cc2cc(C)n(-c3ccc(Oc4ccc([N+](=O)[O-])cn4)cc3)c2C)cc1. The van der Waals surface area contributed by atoms with Crippen LogP contribution in [-0.2, 0) is 4.79 Å². The maximum absolute atomic E-state index is 12.7. The van der Waals surface area contributed by atoms with Gasteiger partial charge < -0.3 is 19.4 Å². The van der Waals surface area contributed by atoms with Gasteiger partial charge in [-0.05, 0) is 80.1 Å². The summed E-state index contributed by atoms with van der Waals surface area (Å²) in [4.78, 5) is 26.9. The molecule has 0 aliphatic rings. The molecule has 190 valence electrons. The maximum atomic E-state index is 12.7. The number of methoxy groups -OCH3 is 1. The normalized spacial score (nSPS) is 10.9. The highest BCUT2D eigenvalue weighted by atomic mass is 16.6. The molecule has 0 aliphatic carbocycles. The van der Waals surface area contributed by atoms with E-state index in [4.69, 9.17) is 9.47 Å². The molecule has 4 rings (SSSR count). The van der Waals surface area contributed by atoms with Crippen LogP contribution in [0.4, 0.5) is 11.4 Å². The highest BCUT2D eigenvalue weighted by molar-refractivity contribution is 6.09. The zero-order valence-corrected chi connectivity index (χ0v) is 20.8. The number of carbonyl (C=O) groups is 1. The molecular weight excluding hydrogens is 486 g/mol. The number of rotatable bonds is 8. The lowest BCUT2D eigenvalue weighted by Crippen LogP contribution is -2.13. The minimum absolute atomic E-state index is 0.0274. The first-order valence-electron chi connectivity index (χ1n) is 11.4. The third-order valence-corrected chi connectivity index (χ3v) is 5.73. The number of benzene rings is 2. The van der Waals surface area contributed by atoms with Gasteiger partial charge in [-0.15, -0.1) is 0 Å². The number of nitro groups is 1. The Hall–Kier alpha value is -5.43. The zero-order chi connectivity index (χ0) is 27.2. The molecule has 2 heterocycles.